The molecule has 0 bridgehead atoms. The van der Waals surface area contributed by atoms with E-state index in [9.17, 15) is 8.42 Å². The lowest BCUT2D eigenvalue weighted by molar-refractivity contribution is 0.199. The third-order valence-corrected chi connectivity index (χ3v) is 5.18. The molecule has 0 radical (unpaired) electrons. The SMILES string of the molecule is CN(C)C(C)(C)CNS(=O)(=O)c1ccc(CCCO)cc1. The smallest absolute Gasteiger partial charge is 0.240 e. The average Bonchev–Trinajstić information content (AvgIpc) is 2.43. The van der Waals surface area contributed by atoms with Gasteiger partial charge in [0, 0.05) is 18.7 Å². The number of aliphatic hydroxyl groups excluding tert-OH is 1. The second-order valence-electron chi connectivity index (χ2n) is 6.00. The molecule has 0 amide bonds. The van der Waals surface area contributed by atoms with Crippen molar-refractivity contribution < 1.29 is 13.5 Å². The normalized spacial score (nSPS) is 12.9. The standard InChI is InChI=1S/C15H26N2O3S/c1-15(2,17(3)4)12-16-21(19,20)14-9-7-13(8-10-14)6-5-11-18/h7-10,16,18H,5-6,11-12H2,1-4H3. The molecule has 0 saturated carbocycles. The van der Waals surface area contributed by atoms with Crippen molar-refractivity contribution in [1.29, 1.82) is 0 Å². The van der Waals surface area contributed by atoms with E-state index in [4.69, 9.17) is 5.11 Å². The van der Waals surface area contributed by atoms with Crippen LogP contribution in [-0.2, 0) is 16.4 Å². The van der Waals surface area contributed by atoms with Crippen LogP contribution in [-0.4, -0.2) is 51.2 Å². The Kier molecular flexibility index (Phi) is 6.34. The number of aryl methyl sites for hydroxylation is 1. The highest BCUT2D eigenvalue weighted by atomic mass is 32.2. The van der Waals surface area contributed by atoms with E-state index in [1.807, 2.05) is 32.8 Å². The zero-order chi connectivity index (χ0) is 16.1. The fourth-order valence-corrected chi connectivity index (χ4v) is 2.84. The van der Waals surface area contributed by atoms with Gasteiger partial charge in [0.15, 0.2) is 0 Å². The lowest BCUT2D eigenvalue weighted by Gasteiger charge is -2.32. The molecule has 0 fully saturated rings. The van der Waals surface area contributed by atoms with Gasteiger partial charge in [-0.1, -0.05) is 12.1 Å². The van der Waals surface area contributed by atoms with Crippen molar-refractivity contribution >= 4 is 10.0 Å². The van der Waals surface area contributed by atoms with Crippen LogP contribution in [0.2, 0.25) is 0 Å². The Bertz CT molecular complexity index is 537. The maximum absolute atomic E-state index is 12.3. The maximum atomic E-state index is 12.3. The topological polar surface area (TPSA) is 69.6 Å². The molecule has 2 N–H and O–H groups in total. The predicted octanol–water partition coefficient (Wildman–Crippen LogP) is 1.23. The predicted molar refractivity (Wildman–Crippen MR) is 84.8 cm³/mol. The third-order valence-electron chi connectivity index (χ3n) is 3.76. The minimum Gasteiger partial charge on any atom is -0.396 e. The molecule has 0 aliphatic carbocycles. The summed E-state index contributed by atoms with van der Waals surface area (Å²) in [6.07, 6.45) is 1.43. The van der Waals surface area contributed by atoms with Crippen LogP contribution in [0.4, 0.5) is 0 Å². The monoisotopic (exact) mass is 314 g/mol. The van der Waals surface area contributed by atoms with E-state index in [1.54, 1.807) is 24.3 Å². The molecule has 120 valence electrons. The van der Waals surface area contributed by atoms with E-state index in [0.717, 1.165) is 12.0 Å². The van der Waals surface area contributed by atoms with Crippen LogP contribution in [0.1, 0.15) is 25.8 Å². The Morgan fingerprint density at radius 2 is 1.76 bits per heavy atom. The van der Waals surface area contributed by atoms with E-state index in [0.29, 0.717) is 13.0 Å². The Morgan fingerprint density at radius 1 is 1.19 bits per heavy atom. The van der Waals surface area contributed by atoms with Crippen molar-refractivity contribution in [2.75, 3.05) is 27.2 Å². The number of aliphatic hydroxyl groups is 1. The Hall–Kier alpha value is -0.950. The van der Waals surface area contributed by atoms with E-state index < -0.39 is 10.0 Å². The lowest BCUT2D eigenvalue weighted by Crippen LogP contribution is -2.48. The molecule has 21 heavy (non-hydrogen) atoms. The molecule has 0 heterocycles. The molecule has 5 nitrogen and oxygen atoms in total. The van der Waals surface area contributed by atoms with E-state index in [-0.39, 0.29) is 17.0 Å². The summed E-state index contributed by atoms with van der Waals surface area (Å²) in [7, 11) is 0.351. The van der Waals surface area contributed by atoms with Crippen LogP contribution in [0.5, 0.6) is 0 Å². The van der Waals surface area contributed by atoms with Gasteiger partial charge < -0.3 is 10.0 Å². The van der Waals surface area contributed by atoms with Gasteiger partial charge in [0.05, 0.1) is 4.90 Å². The quantitative estimate of drug-likeness (QED) is 0.757. The molecule has 0 aliphatic heterocycles. The van der Waals surface area contributed by atoms with Gasteiger partial charge in [-0.25, -0.2) is 13.1 Å². The minimum absolute atomic E-state index is 0.140. The second kappa shape index (κ2) is 7.35. The fraction of sp³-hybridized carbons (Fsp3) is 0.600. The van der Waals surface area contributed by atoms with Crippen molar-refractivity contribution in [2.45, 2.75) is 37.1 Å². The largest absolute Gasteiger partial charge is 0.396 e. The number of hydrogen-bond donors (Lipinski definition) is 2. The number of nitrogens with zero attached hydrogens (tertiary/aromatic N) is 1. The van der Waals surface area contributed by atoms with Crippen LogP contribution in [0, 0.1) is 0 Å². The Balaban J connectivity index is 2.74. The van der Waals surface area contributed by atoms with Gasteiger partial charge in [0.1, 0.15) is 0 Å². The number of benzene rings is 1. The third kappa shape index (κ3) is 5.39. The Labute approximate surface area is 128 Å². The van der Waals surface area contributed by atoms with Crippen LogP contribution >= 0.6 is 0 Å². The molecule has 0 unspecified atom stereocenters. The van der Waals surface area contributed by atoms with Crippen LogP contribution in [0.15, 0.2) is 29.2 Å². The number of rotatable bonds is 8. The summed E-state index contributed by atoms with van der Waals surface area (Å²) >= 11 is 0. The lowest BCUT2D eigenvalue weighted by atomic mass is 10.1. The van der Waals surface area contributed by atoms with E-state index in [1.165, 1.54) is 0 Å². The van der Waals surface area contributed by atoms with Crippen molar-refractivity contribution in [2.24, 2.45) is 0 Å². The van der Waals surface area contributed by atoms with Gasteiger partial charge >= 0.3 is 0 Å². The van der Waals surface area contributed by atoms with Crippen LogP contribution < -0.4 is 4.72 Å². The van der Waals surface area contributed by atoms with E-state index >= 15 is 0 Å². The summed E-state index contributed by atoms with van der Waals surface area (Å²) in [6.45, 7) is 4.44. The van der Waals surface area contributed by atoms with Gasteiger partial charge in [-0.15, -0.1) is 0 Å². The van der Waals surface area contributed by atoms with Crippen LogP contribution in [0.25, 0.3) is 0 Å². The summed E-state index contributed by atoms with van der Waals surface area (Å²) in [4.78, 5) is 2.25. The summed E-state index contributed by atoms with van der Waals surface area (Å²) in [5.41, 5.74) is 0.769. The average molecular weight is 314 g/mol. The van der Waals surface area contributed by atoms with Gasteiger partial charge in [-0.3, -0.25) is 0 Å². The summed E-state index contributed by atoms with van der Waals surface area (Å²) in [5.74, 6) is 0. The van der Waals surface area contributed by atoms with Gasteiger partial charge in [0.2, 0.25) is 10.0 Å². The number of likely N-dealkylation sites (N-methyl/N-ethyl adjacent to an activating group) is 1. The van der Waals surface area contributed by atoms with Gasteiger partial charge in [0.25, 0.3) is 0 Å². The Morgan fingerprint density at radius 3 is 2.24 bits per heavy atom. The molecule has 0 saturated heterocycles. The van der Waals surface area contributed by atoms with Crippen molar-refractivity contribution in [3.05, 3.63) is 29.8 Å². The first-order valence-corrected chi connectivity index (χ1v) is 8.54. The molecule has 1 rings (SSSR count). The highest BCUT2D eigenvalue weighted by Gasteiger charge is 2.24. The first-order valence-electron chi connectivity index (χ1n) is 7.06. The summed E-state index contributed by atoms with van der Waals surface area (Å²) in [5, 5.41) is 8.79. The molecule has 1 aromatic rings. The number of nitrogens with one attached hydrogen (secondary N) is 1. The first kappa shape index (κ1) is 18.1. The van der Waals surface area contributed by atoms with Gasteiger partial charge in [-0.05, 0) is 58.5 Å². The number of sulfonamides is 1. The highest BCUT2D eigenvalue weighted by molar-refractivity contribution is 7.89. The van der Waals surface area contributed by atoms with Crippen LogP contribution in [0.3, 0.4) is 0 Å². The highest BCUT2D eigenvalue weighted by Crippen LogP contribution is 2.14. The van der Waals surface area contributed by atoms with Crippen molar-refractivity contribution in [3.8, 4) is 0 Å². The molecular formula is C15H26N2O3S. The molecule has 0 aromatic heterocycles. The zero-order valence-electron chi connectivity index (χ0n) is 13.3. The molecule has 0 atom stereocenters. The van der Waals surface area contributed by atoms with Crippen molar-refractivity contribution in [1.82, 2.24) is 9.62 Å². The molecule has 1 aromatic carbocycles. The summed E-state index contributed by atoms with van der Waals surface area (Å²) < 4.78 is 27.2. The minimum atomic E-state index is -3.49. The molecule has 0 aliphatic rings. The molecule has 6 heteroatoms. The van der Waals surface area contributed by atoms with Crippen molar-refractivity contribution in [3.63, 3.8) is 0 Å². The number of hydrogen-bond acceptors (Lipinski definition) is 4. The van der Waals surface area contributed by atoms with Gasteiger partial charge in [-0.2, -0.15) is 0 Å². The first-order chi connectivity index (χ1) is 9.69. The zero-order valence-corrected chi connectivity index (χ0v) is 14.1. The molecular weight excluding hydrogens is 288 g/mol. The summed E-state index contributed by atoms with van der Waals surface area (Å²) in [6, 6.07) is 6.80. The maximum Gasteiger partial charge on any atom is 0.240 e. The van der Waals surface area contributed by atoms with E-state index in [2.05, 4.69) is 4.72 Å². The fourth-order valence-electron chi connectivity index (χ4n) is 1.63. The molecule has 0 spiro atoms. The second-order valence-corrected chi connectivity index (χ2v) is 7.77.